The molecule has 3 heteroatoms. The maximum Gasteiger partial charge on any atom is 0.0883 e. The Morgan fingerprint density at radius 2 is 2.33 bits per heavy atom. The molecule has 1 nitrogen and oxygen atoms in total. The molecule has 0 aliphatic carbocycles. The first-order valence-corrected chi connectivity index (χ1v) is 6.59. The fraction of sp³-hybridized carbons (Fsp3) is 0.333. The van der Waals surface area contributed by atoms with Crippen molar-refractivity contribution in [2.24, 2.45) is 0 Å². The van der Waals surface area contributed by atoms with Crippen molar-refractivity contribution in [2.75, 3.05) is 0 Å². The van der Waals surface area contributed by atoms with Crippen molar-refractivity contribution in [2.45, 2.75) is 25.4 Å². The fourth-order valence-corrected chi connectivity index (χ4v) is 3.63. The molecule has 1 atom stereocenters. The van der Waals surface area contributed by atoms with Gasteiger partial charge in [-0.1, -0.05) is 0 Å². The molecule has 0 saturated carbocycles. The van der Waals surface area contributed by atoms with Gasteiger partial charge < -0.3 is 5.11 Å². The minimum absolute atomic E-state index is 0.344. The van der Waals surface area contributed by atoms with Gasteiger partial charge in [0.15, 0.2) is 0 Å². The molecule has 1 N–H and O–H groups in total. The molecule has 2 heterocycles. The minimum atomic E-state index is -0.344. The zero-order valence-corrected chi connectivity index (χ0v) is 9.90. The van der Waals surface area contributed by atoms with E-state index in [1.807, 2.05) is 0 Å². The number of fused-ring (bicyclic) bond motifs is 1. The fourth-order valence-electron chi connectivity index (χ4n) is 1.49. The van der Waals surface area contributed by atoms with Crippen molar-refractivity contribution in [3.63, 3.8) is 0 Å². The van der Waals surface area contributed by atoms with Crippen molar-refractivity contribution in [3.05, 3.63) is 22.4 Å². The van der Waals surface area contributed by atoms with Crippen LogP contribution >= 0.6 is 22.7 Å². The van der Waals surface area contributed by atoms with Crippen LogP contribution < -0.4 is 0 Å². The van der Waals surface area contributed by atoms with Gasteiger partial charge in [0.1, 0.15) is 0 Å². The SMILES string of the molecule is C#CCCCC(O)c1cc2sccc2s1. The van der Waals surface area contributed by atoms with E-state index < -0.39 is 0 Å². The Bertz CT molecular complexity index is 446. The van der Waals surface area contributed by atoms with E-state index in [2.05, 4.69) is 23.4 Å². The van der Waals surface area contributed by atoms with E-state index in [4.69, 9.17) is 6.42 Å². The molecule has 1 unspecified atom stereocenters. The Balaban J connectivity index is 2.04. The zero-order valence-electron chi connectivity index (χ0n) is 8.27. The van der Waals surface area contributed by atoms with E-state index in [9.17, 15) is 5.11 Å². The van der Waals surface area contributed by atoms with Gasteiger partial charge in [0.25, 0.3) is 0 Å². The standard InChI is InChI=1S/C12H12OS2/c1-2-3-4-5-9(13)11-8-12-10(15-11)6-7-14-12/h1,6-9,13H,3-5H2. The highest BCUT2D eigenvalue weighted by Gasteiger charge is 2.11. The van der Waals surface area contributed by atoms with E-state index in [1.54, 1.807) is 22.7 Å². The predicted octanol–water partition coefficient (Wildman–Crippen LogP) is 3.80. The summed E-state index contributed by atoms with van der Waals surface area (Å²) in [6.07, 6.45) is 7.23. The number of hydrogen-bond donors (Lipinski definition) is 1. The van der Waals surface area contributed by atoms with Crippen LogP contribution in [0.3, 0.4) is 0 Å². The average molecular weight is 236 g/mol. The van der Waals surface area contributed by atoms with Crippen LogP contribution in [-0.4, -0.2) is 5.11 Å². The second-order valence-corrected chi connectivity index (χ2v) is 5.47. The predicted molar refractivity (Wildman–Crippen MR) is 67.3 cm³/mol. The van der Waals surface area contributed by atoms with Gasteiger partial charge in [-0.2, -0.15) is 0 Å². The second kappa shape index (κ2) is 4.80. The molecule has 2 aromatic heterocycles. The second-order valence-electron chi connectivity index (χ2n) is 3.41. The summed E-state index contributed by atoms with van der Waals surface area (Å²) >= 11 is 3.40. The lowest BCUT2D eigenvalue weighted by Crippen LogP contribution is -1.93. The number of terminal acetylenes is 1. The molecule has 0 amide bonds. The Labute approximate surface area is 97.4 Å². The van der Waals surface area contributed by atoms with Crippen molar-refractivity contribution >= 4 is 32.1 Å². The molecule has 2 aromatic rings. The van der Waals surface area contributed by atoms with Gasteiger partial charge in [-0.3, -0.25) is 0 Å². The van der Waals surface area contributed by atoms with E-state index in [0.717, 1.165) is 24.1 Å². The van der Waals surface area contributed by atoms with Crippen molar-refractivity contribution < 1.29 is 5.11 Å². The molecule has 0 aliphatic rings. The molecule has 0 radical (unpaired) electrons. The number of unbranched alkanes of at least 4 members (excludes halogenated alkanes) is 1. The molecular formula is C12H12OS2. The number of hydrogen-bond acceptors (Lipinski definition) is 3. The van der Waals surface area contributed by atoms with E-state index in [1.165, 1.54) is 9.40 Å². The first-order valence-electron chi connectivity index (χ1n) is 4.89. The largest absolute Gasteiger partial charge is 0.388 e. The highest BCUT2D eigenvalue weighted by molar-refractivity contribution is 7.26. The summed E-state index contributed by atoms with van der Waals surface area (Å²) in [5, 5.41) is 12.0. The van der Waals surface area contributed by atoms with Gasteiger partial charge in [-0.15, -0.1) is 35.0 Å². The van der Waals surface area contributed by atoms with Crippen molar-refractivity contribution in [1.82, 2.24) is 0 Å². The normalized spacial score (nSPS) is 12.8. The van der Waals surface area contributed by atoms with Crippen LogP contribution in [0.15, 0.2) is 17.5 Å². The molecule has 0 bridgehead atoms. The van der Waals surface area contributed by atoms with Crippen LogP contribution in [0.4, 0.5) is 0 Å². The quantitative estimate of drug-likeness (QED) is 0.632. The summed E-state index contributed by atoms with van der Waals surface area (Å²) < 4.78 is 2.54. The zero-order chi connectivity index (χ0) is 10.7. The summed E-state index contributed by atoms with van der Waals surface area (Å²) in [4.78, 5) is 1.06. The van der Waals surface area contributed by atoms with Gasteiger partial charge >= 0.3 is 0 Å². The highest BCUT2D eigenvalue weighted by Crippen LogP contribution is 2.34. The van der Waals surface area contributed by atoms with Gasteiger partial charge in [-0.25, -0.2) is 0 Å². The number of aliphatic hydroxyl groups excluding tert-OH is 1. The first-order chi connectivity index (χ1) is 7.31. The Morgan fingerprint density at radius 3 is 3.07 bits per heavy atom. The lowest BCUT2D eigenvalue weighted by Gasteiger charge is -2.05. The van der Waals surface area contributed by atoms with Crippen molar-refractivity contribution in [1.29, 1.82) is 0 Å². The minimum Gasteiger partial charge on any atom is -0.388 e. The lowest BCUT2D eigenvalue weighted by molar-refractivity contribution is 0.169. The summed E-state index contributed by atoms with van der Waals surface area (Å²) in [5.74, 6) is 2.59. The smallest absolute Gasteiger partial charge is 0.0883 e. The van der Waals surface area contributed by atoms with Gasteiger partial charge in [0, 0.05) is 20.7 Å². The molecule has 0 aliphatic heterocycles. The molecule has 0 saturated heterocycles. The molecular weight excluding hydrogens is 224 g/mol. The molecule has 15 heavy (non-hydrogen) atoms. The van der Waals surface area contributed by atoms with E-state index >= 15 is 0 Å². The third-order valence-electron chi connectivity index (χ3n) is 2.29. The first kappa shape index (κ1) is 10.7. The van der Waals surface area contributed by atoms with Crippen LogP contribution in [0.25, 0.3) is 9.40 Å². The summed E-state index contributed by atoms with van der Waals surface area (Å²) in [7, 11) is 0. The Morgan fingerprint density at radius 1 is 1.47 bits per heavy atom. The van der Waals surface area contributed by atoms with E-state index in [-0.39, 0.29) is 6.10 Å². The Hall–Kier alpha value is -0.820. The van der Waals surface area contributed by atoms with Crippen LogP contribution in [0.2, 0.25) is 0 Å². The summed E-state index contributed by atoms with van der Waals surface area (Å²) in [6, 6.07) is 4.19. The maximum absolute atomic E-state index is 9.91. The van der Waals surface area contributed by atoms with Crippen LogP contribution in [0, 0.1) is 12.3 Å². The molecule has 0 spiro atoms. The van der Waals surface area contributed by atoms with Gasteiger partial charge in [-0.05, 0) is 30.4 Å². The van der Waals surface area contributed by atoms with Crippen molar-refractivity contribution in [3.8, 4) is 12.3 Å². The molecule has 0 fully saturated rings. The molecule has 2 rings (SSSR count). The summed E-state index contributed by atoms with van der Waals surface area (Å²) in [5.41, 5.74) is 0. The highest BCUT2D eigenvalue weighted by atomic mass is 32.1. The van der Waals surface area contributed by atoms with Crippen LogP contribution in [0.1, 0.15) is 30.2 Å². The number of thiophene rings is 2. The summed E-state index contributed by atoms with van der Waals surface area (Å²) in [6.45, 7) is 0. The third-order valence-corrected chi connectivity index (χ3v) is 4.48. The number of rotatable bonds is 4. The molecule has 0 aromatic carbocycles. The van der Waals surface area contributed by atoms with E-state index in [0.29, 0.717) is 0 Å². The maximum atomic E-state index is 9.91. The topological polar surface area (TPSA) is 20.2 Å². The molecule has 78 valence electrons. The number of aliphatic hydroxyl groups is 1. The lowest BCUT2D eigenvalue weighted by atomic mass is 10.1. The Kier molecular flexibility index (Phi) is 3.42. The van der Waals surface area contributed by atoms with Crippen LogP contribution in [-0.2, 0) is 0 Å². The van der Waals surface area contributed by atoms with Crippen LogP contribution in [0.5, 0.6) is 0 Å². The monoisotopic (exact) mass is 236 g/mol. The van der Waals surface area contributed by atoms with Gasteiger partial charge in [0.05, 0.1) is 6.10 Å². The van der Waals surface area contributed by atoms with Gasteiger partial charge in [0.2, 0.25) is 0 Å². The third kappa shape index (κ3) is 2.40. The average Bonchev–Trinajstić information content (AvgIpc) is 2.76.